The van der Waals surface area contributed by atoms with E-state index in [1.807, 2.05) is 0 Å². The maximum absolute atomic E-state index is 12.7. The molecule has 6 nitrogen and oxygen atoms in total. The number of carbonyl (C=O) groups excluding carboxylic acids is 1. The number of nitrogens with zero attached hydrogens (tertiary/aromatic N) is 2. The lowest BCUT2D eigenvalue weighted by molar-refractivity contribution is 0.0601. The zero-order valence-corrected chi connectivity index (χ0v) is 16.0. The maximum Gasteiger partial charge on any atom is 0.339 e. The average molecular weight is 404 g/mol. The summed E-state index contributed by atoms with van der Waals surface area (Å²) in [6.45, 7) is 1.77. The number of H-pyrrole nitrogens is 1. The Morgan fingerprint density at radius 3 is 2.56 bits per heavy atom. The summed E-state index contributed by atoms with van der Waals surface area (Å²) in [5.74, 6) is -0.556. The molecule has 0 amide bonds. The lowest BCUT2D eigenvalue weighted by Gasteiger charge is -2.02. The van der Waals surface area contributed by atoms with Crippen LogP contribution < -0.4 is 5.56 Å². The second-order valence-electron chi connectivity index (χ2n) is 5.68. The van der Waals surface area contributed by atoms with Gasteiger partial charge in [-0.15, -0.1) is 0 Å². The minimum atomic E-state index is -0.556. The predicted octanol–water partition coefficient (Wildman–Crippen LogP) is 4.32. The SMILES string of the molecule is COC(=O)c1cc(N=Cc2c(C)[nH]n(-c3ccc(Cl)cc3)c2=O)ccc1Cl. The summed E-state index contributed by atoms with van der Waals surface area (Å²) in [4.78, 5) is 28.7. The minimum absolute atomic E-state index is 0.207. The van der Waals surface area contributed by atoms with Crippen LogP contribution in [0.5, 0.6) is 0 Å². The molecule has 27 heavy (non-hydrogen) atoms. The highest BCUT2D eigenvalue weighted by atomic mass is 35.5. The van der Waals surface area contributed by atoms with Crippen LogP contribution in [-0.4, -0.2) is 29.1 Å². The summed E-state index contributed by atoms with van der Waals surface area (Å²) in [6, 6.07) is 11.6. The monoisotopic (exact) mass is 403 g/mol. The van der Waals surface area contributed by atoms with Gasteiger partial charge in [-0.2, -0.15) is 0 Å². The molecule has 0 fully saturated rings. The molecule has 0 spiro atoms. The molecule has 0 aliphatic heterocycles. The highest BCUT2D eigenvalue weighted by Gasteiger charge is 2.13. The van der Waals surface area contributed by atoms with Gasteiger partial charge in [0.15, 0.2) is 0 Å². The smallest absolute Gasteiger partial charge is 0.339 e. The van der Waals surface area contributed by atoms with Crippen molar-refractivity contribution in [2.45, 2.75) is 6.92 Å². The molecule has 1 aromatic heterocycles. The molecule has 1 N–H and O–H groups in total. The summed E-state index contributed by atoms with van der Waals surface area (Å²) in [5.41, 5.74) is 2.14. The Morgan fingerprint density at radius 1 is 1.19 bits per heavy atom. The van der Waals surface area contributed by atoms with Crippen LogP contribution in [0.15, 0.2) is 52.3 Å². The predicted molar refractivity (Wildman–Crippen MR) is 106 cm³/mol. The lowest BCUT2D eigenvalue weighted by atomic mass is 10.2. The van der Waals surface area contributed by atoms with Crippen molar-refractivity contribution in [1.29, 1.82) is 0 Å². The summed E-state index contributed by atoms with van der Waals surface area (Å²) >= 11 is 11.9. The van der Waals surface area contributed by atoms with Crippen molar-refractivity contribution >= 4 is 41.1 Å². The highest BCUT2D eigenvalue weighted by molar-refractivity contribution is 6.33. The largest absolute Gasteiger partial charge is 0.465 e. The zero-order chi connectivity index (χ0) is 19.6. The molecule has 0 atom stereocenters. The van der Waals surface area contributed by atoms with E-state index in [0.29, 0.717) is 27.7 Å². The van der Waals surface area contributed by atoms with E-state index in [9.17, 15) is 9.59 Å². The molecule has 0 saturated carbocycles. The third-order valence-corrected chi connectivity index (χ3v) is 4.48. The molecule has 2 aromatic carbocycles. The van der Waals surface area contributed by atoms with Crippen molar-refractivity contribution in [2.24, 2.45) is 4.99 Å². The number of aromatic amines is 1. The van der Waals surface area contributed by atoms with E-state index >= 15 is 0 Å². The van der Waals surface area contributed by atoms with Crippen LogP contribution in [0.1, 0.15) is 21.6 Å². The fourth-order valence-corrected chi connectivity index (χ4v) is 2.80. The number of benzene rings is 2. The topological polar surface area (TPSA) is 76.4 Å². The normalized spacial score (nSPS) is 11.1. The van der Waals surface area contributed by atoms with Gasteiger partial charge in [-0.1, -0.05) is 23.2 Å². The summed E-state index contributed by atoms with van der Waals surface area (Å²) < 4.78 is 6.10. The average Bonchev–Trinajstić information content (AvgIpc) is 2.95. The van der Waals surface area contributed by atoms with Gasteiger partial charge < -0.3 is 4.74 Å². The van der Waals surface area contributed by atoms with Crippen molar-refractivity contribution in [1.82, 2.24) is 9.78 Å². The van der Waals surface area contributed by atoms with Crippen molar-refractivity contribution in [3.8, 4) is 5.69 Å². The first-order valence-corrected chi connectivity index (χ1v) is 8.66. The summed E-state index contributed by atoms with van der Waals surface area (Å²) in [5, 5.41) is 3.86. The van der Waals surface area contributed by atoms with Crippen molar-refractivity contribution < 1.29 is 9.53 Å². The third kappa shape index (κ3) is 3.97. The molecule has 3 rings (SSSR count). The molecule has 3 aromatic rings. The van der Waals surface area contributed by atoms with Crippen molar-refractivity contribution in [3.63, 3.8) is 0 Å². The Labute approximate surface area is 165 Å². The van der Waals surface area contributed by atoms with E-state index in [4.69, 9.17) is 27.9 Å². The van der Waals surface area contributed by atoms with Crippen molar-refractivity contribution in [2.75, 3.05) is 7.11 Å². The zero-order valence-electron chi connectivity index (χ0n) is 14.5. The molecule has 0 saturated heterocycles. The van der Waals surface area contributed by atoms with Crippen LogP contribution in [-0.2, 0) is 4.74 Å². The standard InChI is InChI=1S/C19H15Cl2N3O3/c1-11-16(18(25)24(23-11)14-6-3-12(20)4-7-14)10-22-13-5-8-17(21)15(9-13)19(26)27-2/h3-10,23H,1-2H3. The van der Waals surface area contributed by atoms with E-state index in [1.165, 1.54) is 24.1 Å². The fourth-order valence-electron chi connectivity index (χ4n) is 2.48. The molecule has 8 heteroatoms. The van der Waals surface area contributed by atoms with Gasteiger partial charge in [-0.3, -0.25) is 14.9 Å². The van der Waals surface area contributed by atoms with Crippen LogP contribution in [0, 0.1) is 6.92 Å². The molecule has 0 bridgehead atoms. The molecule has 0 aliphatic rings. The van der Waals surface area contributed by atoms with Crippen LogP contribution in [0.2, 0.25) is 10.0 Å². The van der Waals surface area contributed by atoms with E-state index in [1.54, 1.807) is 43.3 Å². The number of methoxy groups -OCH3 is 1. The number of hydrogen-bond donors (Lipinski definition) is 1. The number of hydrogen-bond acceptors (Lipinski definition) is 4. The van der Waals surface area contributed by atoms with Gasteiger partial charge in [-0.25, -0.2) is 9.48 Å². The Balaban J connectivity index is 1.96. The first kappa shape index (κ1) is 18.9. The highest BCUT2D eigenvalue weighted by Crippen LogP contribution is 2.23. The van der Waals surface area contributed by atoms with Crippen LogP contribution in [0.25, 0.3) is 5.69 Å². The van der Waals surface area contributed by atoms with Crippen LogP contribution in [0.4, 0.5) is 5.69 Å². The Bertz CT molecular complexity index is 1080. The number of aryl methyl sites for hydroxylation is 1. The minimum Gasteiger partial charge on any atom is -0.465 e. The van der Waals surface area contributed by atoms with E-state index in [-0.39, 0.29) is 16.1 Å². The second-order valence-corrected chi connectivity index (χ2v) is 6.53. The maximum atomic E-state index is 12.7. The molecular formula is C19H15Cl2N3O3. The molecular weight excluding hydrogens is 389 g/mol. The lowest BCUT2D eigenvalue weighted by Crippen LogP contribution is -2.17. The number of aliphatic imine (C=N–C) groups is 1. The van der Waals surface area contributed by atoms with Crippen LogP contribution >= 0.6 is 23.2 Å². The number of nitrogens with one attached hydrogen (secondary N) is 1. The molecule has 0 aliphatic carbocycles. The van der Waals surface area contributed by atoms with Gasteiger partial charge in [0.2, 0.25) is 0 Å². The number of esters is 1. The number of halogens is 2. The molecule has 0 unspecified atom stereocenters. The van der Waals surface area contributed by atoms with E-state index < -0.39 is 5.97 Å². The number of rotatable bonds is 4. The number of aromatic nitrogens is 2. The Hall–Kier alpha value is -2.83. The number of carbonyl (C=O) groups is 1. The third-order valence-electron chi connectivity index (χ3n) is 3.90. The second kappa shape index (κ2) is 7.82. The van der Waals surface area contributed by atoms with E-state index in [2.05, 4.69) is 10.1 Å². The fraction of sp³-hybridized carbons (Fsp3) is 0.105. The number of ether oxygens (including phenoxy) is 1. The van der Waals surface area contributed by atoms with Gasteiger partial charge >= 0.3 is 5.97 Å². The first-order valence-electron chi connectivity index (χ1n) is 7.90. The summed E-state index contributed by atoms with van der Waals surface area (Å²) in [7, 11) is 1.27. The van der Waals surface area contributed by atoms with E-state index in [0.717, 1.165) is 0 Å². The van der Waals surface area contributed by atoms with Crippen LogP contribution in [0.3, 0.4) is 0 Å². The van der Waals surface area contributed by atoms with Gasteiger partial charge in [-0.05, 0) is 49.4 Å². The molecule has 1 heterocycles. The van der Waals surface area contributed by atoms with Gasteiger partial charge in [0.1, 0.15) is 0 Å². The quantitative estimate of drug-likeness (QED) is 0.520. The Morgan fingerprint density at radius 2 is 1.89 bits per heavy atom. The van der Waals surface area contributed by atoms with Gasteiger partial charge in [0.25, 0.3) is 5.56 Å². The Kier molecular flexibility index (Phi) is 5.48. The first-order chi connectivity index (χ1) is 12.9. The van der Waals surface area contributed by atoms with Crippen molar-refractivity contribution in [3.05, 3.63) is 79.7 Å². The molecule has 138 valence electrons. The van der Waals surface area contributed by atoms with Gasteiger partial charge in [0.05, 0.1) is 34.6 Å². The summed E-state index contributed by atoms with van der Waals surface area (Å²) in [6.07, 6.45) is 1.45. The molecule has 0 radical (unpaired) electrons. The van der Waals surface area contributed by atoms with Gasteiger partial charge in [0, 0.05) is 16.9 Å².